The minimum atomic E-state index is -0.708. The third-order valence-corrected chi connectivity index (χ3v) is 4.11. The molecule has 3 aromatic rings. The molecule has 0 radical (unpaired) electrons. The first kappa shape index (κ1) is 21.6. The third kappa shape index (κ3) is 5.93. The van der Waals surface area contributed by atoms with Gasteiger partial charge >= 0.3 is 11.9 Å². The van der Waals surface area contributed by atoms with Crippen LogP contribution in [0.15, 0.2) is 78.9 Å². The van der Waals surface area contributed by atoms with Crippen molar-refractivity contribution in [2.45, 2.75) is 6.92 Å². The largest absolute Gasteiger partial charge is 0.462 e. The molecular formula is C24H21NO6. The molecule has 1 N–H and O–H groups in total. The van der Waals surface area contributed by atoms with E-state index in [4.69, 9.17) is 14.2 Å². The number of para-hydroxylation sites is 3. The number of hydrogen-bond acceptors (Lipinski definition) is 6. The summed E-state index contributed by atoms with van der Waals surface area (Å²) >= 11 is 0. The molecule has 0 atom stereocenters. The zero-order chi connectivity index (χ0) is 22.1. The normalized spacial score (nSPS) is 10.1. The fourth-order valence-corrected chi connectivity index (χ4v) is 2.71. The van der Waals surface area contributed by atoms with Crippen molar-refractivity contribution in [3.8, 4) is 11.5 Å². The third-order valence-electron chi connectivity index (χ3n) is 4.11. The second-order valence-corrected chi connectivity index (χ2v) is 6.30. The van der Waals surface area contributed by atoms with Crippen LogP contribution in [0.2, 0.25) is 0 Å². The Morgan fingerprint density at radius 1 is 0.742 bits per heavy atom. The standard InChI is InChI=1S/C24H21NO6/c1-2-29-23(27)18-12-6-8-14-20(18)25-22(26)16-30-24(28)19-13-7-9-15-21(19)31-17-10-4-3-5-11-17/h3-15H,2,16H2,1H3,(H,25,26). The van der Waals surface area contributed by atoms with E-state index in [9.17, 15) is 14.4 Å². The Bertz CT molecular complexity index is 1060. The maximum Gasteiger partial charge on any atom is 0.342 e. The van der Waals surface area contributed by atoms with Gasteiger partial charge in [-0.2, -0.15) is 0 Å². The Labute approximate surface area is 179 Å². The summed E-state index contributed by atoms with van der Waals surface area (Å²) < 4.78 is 15.9. The lowest BCUT2D eigenvalue weighted by atomic mass is 10.2. The lowest BCUT2D eigenvalue weighted by molar-refractivity contribution is -0.119. The van der Waals surface area contributed by atoms with Gasteiger partial charge in [-0.1, -0.05) is 42.5 Å². The summed E-state index contributed by atoms with van der Waals surface area (Å²) in [6.07, 6.45) is 0. The van der Waals surface area contributed by atoms with Crippen molar-refractivity contribution < 1.29 is 28.6 Å². The van der Waals surface area contributed by atoms with E-state index < -0.39 is 24.5 Å². The molecule has 1 amide bonds. The van der Waals surface area contributed by atoms with Crippen molar-refractivity contribution in [2.75, 3.05) is 18.5 Å². The van der Waals surface area contributed by atoms with Gasteiger partial charge in [0, 0.05) is 0 Å². The number of ether oxygens (including phenoxy) is 3. The summed E-state index contributed by atoms with van der Waals surface area (Å²) in [6, 6.07) is 22.0. The number of anilines is 1. The number of nitrogens with one attached hydrogen (secondary N) is 1. The first-order valence-electron chi connectivity index (χ1n) is 9.63. The molecule has 0 saturated carbocycles. The molecule has 0 aliphatic heterocycles. The molecule has 0 aliphatic rings. The average molecular weight is 419 g/mol. The van der Waals surface area contributed by atoms with E-state index in [2.05, 4.69) is 5.32 Å². The molecule has 0 aliphatic carbocycles. The number of rotatable bonds is 8. The summed E-state index contributed by atoms with van der Waals surface area (Å²) in [4.78, 5) is 36.8. The van der Waals surface area contributed by atoms with Gasteiger partial charge in [0.2, 0.25) is 0 Å². The van der Waals surface area contributed by atoms with Crippen molar-refractivity contribution in [2.24, 2.45) is 0 Å². The van der Waals surface area contributed by atoms with Crippen LogP contribution in [0.5, 0.6) is 11.5 Å². The van der Waals surface area contributed by atoms with E-state index in [-0.39, 0.29) is 23.4 Å². The van der Waals surface area contributed by atoms with Crippen molar-refractivity contribution >= 4 is 23.5 Å². The lowest BCUT2D eigenvalue weighted by Crippen LogP contribution is -2.22. The molecule has 3 rings (SSSR count). The number of esters is 2. The maximum absolute atomic E-state index is 12.5. The minimum Gasteiger partial charge on any atom is -0.462 e. The van der Waals surface area contributed by atoms with Gasteiger partial charge in [0.1, 0.15) is 17.1 Å². The Balaban J connectivity index is 1.63. The summed E-state index contributed by atoms with van der Waals surface area (Å²) in [7, 11) is 0. The second kappa shape index (κ2) is 10.6. The van der Waals surface area contributed by atoms with Crippen molar-refractivity contribution in [3.63, 3.8) is 0 Å². The quantitative estimate of drug-likeness (QED) is 0.543. The van der Waals surface area contributed by atoms with Crippen LogP contribution in [-0.2, 0) is 14.3 Å². The number of carbonyl (C=O) groups excluding carboxylic acids is 3. The summed E-state index contributed by atoms with van der Waals surface area (Å²) in [5.41, 5.74) is 0.673. The van der Waals surface area contributed by atoms with Crippen LogP contribution in [0.3, 0.4) is 0 Å². The first-order chi connectivity index (χ1) is 15.1. The van der Waals surface area contributed by atoms with E-state index in [1.165, 1.54) is 6.07 Å². The van der Waals surface area contributed by atoms with Crippen molar-refractivity contribution in [1.82, 2.24) is 0 Å². The van der Waals surface area contributed by atoms with Gasteiger partial charge in [-0.05, 0) is 43.3 Å². The van der Waals surface area contributed by atoms with Crippen LogP contribution in [0.4, 0.5) is 5.69 Å². The van der Waals surface area contributed by atoms with Gasteiger partial charge in [0.15, 0.2) is 6.61 Å². The topological polar surface area (TPSA) is 90.9 Å². The maximum atomic E-state index is 12.5. The summed E-state index contributed by atoms with van der Waals surface area (Å²) in [5, 5.41) is 2.56. The molecule has 0 spiro atoms. The molecular weight excluding hydrogens is 398 g/mol. The first-order valence-corrected chi connectivity index (χ1v) is 9.63. The number of benzene rings is 3. The van der Waals surface area contributed by atoms with Gasteiger partial charge in [-0.25, -0.2) is 9.59 Å². The molecule has 0 saturated heterocycles. The highest BCUT2D eigenvalue weighted by atomic mass is 16.5. The molecule has 7 nitrogen and oxygen atoms in total. The highest BCUT2D eigenvalue weighted by Gasteiger charge is 2.18. The fraction of sp³-hybridized carbons (Fsp3) is 0.125. The average Bonchev–Trinajstić information content (AvgIpc) is 2.79. The predicted molar refractivity (Wildman–Crippen MR) is 114 cm³/mol. The van der Waals surface area contributed by atoms with Crippen LogP contribution < -0.4 is 10.1 Å². The molecule has 0 heterocycles. The highest BCUT2D eigenvalue weighted by molar-refractivity contribution is 6.02. The van der Waals surface area contributed by atoms with E-state index in [0.29, 0.717) is 11.5 Å². The summed E-state index contributed by atoms with van der Waals surface area (Å²) in [5.74, 6) is -0.975. The zero-order valence-electron chi connectivity index (χ0n) is 16.9. The molecule has 3 aromatic carbocycles. The van der Waals surface area contributed by atoms with E-state index in [0.717, 1.165) is 0 Å². The van der Waals surface area contributed by atoms with Gasteiger partial charge in [0.05, 0.1) is 17.9 Å². The van der Waals surface area contributed by atoms with Gasteiger partial charge < -0.3 is 19.5 Å². The fourth-order valence-electron chi connectivity index (χ4n) is 2.71. The van der Waals surface area contributed by atoms with Crippen molar-refractivity contribution in [3.05, 3.63) is 90.0 Å². The van der Waals surface area contributed by atoms with Gasteiger partial charge in [-0.3, -0.25) is 4.79 Å². The van der Waals surface area contributed by atoms with Crippen LogP contribution >= 0.6 is 0 Å². The van der Waals surface area contributed by atoms with Crippen LogP contribution in [-0.4, -0.2) is 31.1 Å². The predicted octanol–water partition coefficient (Wildman–Crippen LogP) is 4.45. The van der Waals surface area contributed by atoms with Crippen LogP contribution in [0, 0.1) is 0 Å². The minimum absolute atomic E-state index is 0.186. The monoisotopic (exact) mass is 419 g/mol. The smallest absolute Gasteiger partial charge is 0.342 e. The molecule has 7 heteroatoms. The van der Waals surface area contributed by atoms with Crippen LogP contribution in [0.1, 0.15) is 27.6 Å². The molecule has 31 heavy (non-hydrogen) atoms. The molecule has 0 fully saturated rings. The van der Waals surface area contributed by atoms with E-state index in [1.54, 1.807) is 61.5 Å². The Morgan fingerprint density at radius 3 is 2.10 bits per heavy atom. The molecule has 0 aromatic heterocycles. The molecule has 158 valence electrons. The number of hydrogen-bond donors (Lipinski definition) is 1. The highest BCUT2D eigenvalue weighted by Crippen LogP contribution is 2.25. The SMILES string of the molecule is CCOC(=O)c1ccccc1NC(=O)COC(=O)c1ccccc1Oc1ccccc1. The molecule has 0 bridgehead atoms. The Hall–Kier alpha value is -4.13. The number of amides is 1. The van der Waals surface area contributed by atoms with E-state index >= 15 is 0 Å². The van der Waals surface area contributed by atoms with Gasteiger partial charge in [-0.15, -0.1) is 0 Å². The summed E-state index contributed by atoms with van der Waals surface area (Å²) in [6.45, 7) is 1.37. The molecule has 0 unspecified atom stereocenters. The van der Waals surface area contributed by atoms with Crippen LogP contribution in [0.25, 0.3) is 0 Å². The lowest BCUT2D eigenvalue weighted by Gasteiger charge is -2.12. The second-order valence-electron chi connectivity index (χ2n) is 6.30. The Kier molecular flexibility index (Phi) is 7.37. The zero-order valence-corrected chi connectivity index (χ0v) is 16.9. The van der Waals surface area contributed by atoms with E-state index in [1.807, 2.05) is 18.2 Å². The number of carbonyl (C=O) groups is 3. The Morgan fingerprint density at radius 2 is 1.35 bits per heavy atom. The van der Waals surface area contributed by atoms with Crippen molar-refractivity contribution in [1.29, 1.82) is 0 Å². The van der Waals surface area contributed by atoms with Gasteiger partial charge in [0.25, 0.3) is 5.91 Å².